The van der Waals surface area contributed by atoms with Gasteiger partial charge in [0.2, 0.25) is 17.6 Å². The Morgan fingerprint density at radius 1 is 1.22 bits per heavy atom. The molecule has 0 fully saturated rings. The van der Waals surface area contributed by atoms with E-state index >= 15 is 0 Å². The maximum atomic E-state index is 13.8. The Kier molecular flexibility index (Phi) is 4.35. The van der Waals surface area contributed by atoms with Gasteiger partial charge in [-0.05, 0) is 55.7 Å². The maximum absolute atomic E-state index is 13.8. The SMILES string of the molecule is Cc1ccc(-c2noc(C(C)Nc3ccc4c(c3)CCC(=O)N4)n2)cc1F. The number of benzene rings is 2. The number of halogens is 1. The second-order valence-corrected chi connectivity index (χ2v) is 6.71. The zero-order valence-corrected chi connectivity index (χ0v) is 15.0. The molecular formula is C20H19FN4O2. The number of anilines is 2. The first-order valence-electron chi connectivity index (χ1n) is 8.79. The highest BCUT2D eigenvalue weighted by Crippen LogP contribution is 2.28. The van der Waals surface area contributed by atoms with E-state index in [2.05, 4.69) is 20.8 Å². The molecular weight excluding hydrogens is 347 g/mol. The van der Waals surface area contributed by atoms with Crippen molar-refractivity contribution in [2.75, 3.05) is 10.6 Å². The highest BCUT2D eigenvalue weighted by atomic mass is 19.1. The molecule has 27 heavy (non-hydrogen) atoms. The van der Waals surface area contributed by atoms with Crippen LogP contribution in [0.1, 0.15) is 36.4 Å². The van der Waals surface area contributed by atoms with Crippen LogP contribution in [0.2, 0.25) is 0 Å². The van der Waals surface area contributed by atoms with E-state index in [0.29, 0.717) is 29.3 Å². The van der Waals surface area contributed by atoms with E-state index in [-0.39, 0.29) is 17.8 Å². The van der Waals surface area contributed by atoms with Crippen LogP contribution in [0, 0.1) is 12.7 Å². The highest BCUT2D eigenvalue weighted by molar-refractivity contribution is 5.94. The molecule has 1 unspecified atom stereocenters. The second-order valence-electron chi connectivity index (χ2n) is 6.71. The van der Waals surface area contributed by atoms with Crippen molar-refractivity contribution in [3.8, 4) is 11.4 Å². The summed E-state index contributed by atoms with van der Waals surface area (Å²) in [5.74, 6) is 0.511. The van der Waals surface area contributed by atoms with Crippen molar-refractivity contribution in [1.29, 1.82) is 0 Å². The van der Waals surface area contributed by atoms with E-state index in [1.54, 1.807) is 19.1 Å². The van der Waals surface area contributed by atoms with Crippen LogP contribution in [0.5, 0.6) is 0 Å². The van der Waals surface area contributed by atoms with Crippen LogP contribution in [-0.2, 0) is 11.2 Å². The molecule has 0 bridgehead atoms. The van der Waals surface area contributed by atoms with Crippen LogP contribution in [0.15, 0.2) is 40.9 Å². The lowest BCUT2D eigenvalue weighted by Gasteiger charge is -2.19. The molecule has 0 aliphatic carbocycles. The minimum Gasteiger partial charge on any atom is -0.374 e. The molecule has 0 spiro atoms. The maximum Gasteiger partial charge on any atom is 0.249 e. The molecule has 7 heteroatoms. The van der Waals surface area contributed by atoms with Crippen LogP contribution >= 0.6 is 0 Å². The van der Waals surface area contributed by atoms with Crippen molar-refractivity contribution in [1.82, 2.24) is 10.1 Å². The summed E-state index contributed by atoms with van der Waals surface area (Å²) in [6.07, 6.45) is 1.21. The summed E-state index contributed by atoms with van der Waals surface area (Å²) in [4.78, 5) is 15.8. The number of carbonyl (C=O) groups excluding carboxylic acids is 1. The molecule has 0 radical (unpaired) electrons. The number of hydrogen-bond acceptors (Lipinski definition) is 5. The predicted octanol–water partition coefficient (Wildman–Crippen LogP) is 4.24. The number of hydrogen-bond donors (Lipinski definition) is 2. The zero-order valence-electron chi connectivity index (χ0n) is 15.0. The van der Waals surface area contributed by atoms with Crippen LogP contribution in [-0.4, -0.2) is 16.0 Å². The predicted molar refractivity (Wildman–Crippen MR) is 99.9 cm³/mol. The molecule has 0 saturated carbocycles. The van der Waals surface area contributed by atoms with Gasteiger partial charge in [-0.25, -0.2) is 4.39 Å². The molecule has 1 aromatic heterocycles. The highest BCUT2D eigenvalue weighted by Gasteiger charge is 2.18. The average Bonchev–Trinajstić information content (AvgIpc) is 3.14. The fourth-order valence-corrected chi connectivity index (χ4v) is 3.05. The smallest absolute Gasteiger partial charge is 0.249 e. The van der Waals surface area contributed by atoms with Gasteiger partial charge in [-0.1, -0.05) is 17.3 Å². The number of nitrogens with one attached hydrogen (secondary N) is 2. The number of rotatable bonds is 4. The fraction of sp³-hybridized carbons (Fsp3) is 0.250. The number of nitrogens with zero attached hydrogens (tertiary/aromatic N) is 2. The third kappa shape index (κ3) is 3.53. The van der Waals surface area contributed by atoms with Gasteiger partial charge in [-0.2, -0.15) is 4.98 Å². The van der Waals surface area contributed by atoms with Gasteiger partial charge in [0.05, 0.1) is 0 Å². The summed E-state index contributed by atoms with van der Waals surface area (Å²) in [7, 11) is 0. The first kappa shape index (κ1) is 17.2. The van der Waals surface area contributed by atoms with Crippen LogP contribution in [0.3, 0.4) is 0 Å². The topological polar surface area (TPSA) is 80.0 Å². The van der Waals surface area contributed by atoms with Crippen molar-refractivity contribution in [3.05, 3.63) is 59.2 Å². The van der Waals surface area contributed by atoms with Gasteiger partial charge in [-0.15, -0.1) is 0 Å². The first-order valence-corrected chi connectivity index (χ1v) is 8.79. The summed E-state index contributed by atoms with van der Waals surface area (Å²) in [5, 5.41) is 10.1. The Labute approximate surface area is 155 Å². The molecule has 2 aromatic carbocycles. The van der Waals surface area contributed by atoms with Gasteiger partial charge in [-0.3, -0.25) is 4.79 Å². The van der Waals surface area contributed by atoms with Crippen molar-refractivity contribution in [2.24, 2.45) is 0 Å². The Morgan fingerprint density at radius 3 is 2.89 bits per heavy atom. The van der Waals surface area contributed by atoms with Crippen LogP contribution in [0.25, 0.3) is 11.4 Å². The Bertz CT molecular complexity index is 1010. The van der Waals surface area contributed by atoms with Crippen LogP contribution < -0.4 is 10.6 Å². The third-order valence-electron chi connectivity index (χ3n) is 4.63. The summed E-state index contributed by atoms with van der Waals surface area (Å²) in [6, 6.07) is 10.4. The summed E-state index contributed by atoms with van der Waals surface area (Å²) in [5.41, 5.74) is 3.99. The third-order valence-corrected chi connectivity index (χ3v) is 4.63. The summed E-state index contributed by atoms with van der Waals surface area (Å²) >= 11 is 0. The average molecular weight is 366 g/mol. The number of fused-ring (bicyclic) bond motifs is 1. The van der Waals surface area contributed by atoms with Gasteiger partial charge in [0.15, 0.2) is 0 Å². The minimum absolute atomic E-state index is 0.0440. The van der Waals surface area contributed by atoms with Gasteiger partial charge < -0.3 is 15.2 Å². The number of carbonyl (C=O) groups is 1. The molecule has 138 valence electrons. The number of aromatic nitrogens is 2. The lowest BCUT2D eigenvalue weighted by molar-refractivity contribution is -0.116. The van der Waals surface area contributed by atoms with Crippen LogP contribution in [0.4, 0.5) is 15.8 Å². The summed E-state index contributed by atoms with van der Waals surface area (Å²) < 4.78 is 19.1. The Balaban J connectivity index is 1.50. The summed E-state index contributed by atoms with van der Waals surface area (Å²) in [6.45, 7) is 3.62. The normalized spacial score (nSPS) is 14.4. The fourth-order valence-electron chi connectivity index (χ4n) is 3.05. The van der Waals surface area contributed by atoms with Crippen molar-refractivity contribution < 1.29 is 13.7 Å². The first-order chi connectivity index (χ1) is 13.0. The standard InChI is InChI=1S/C20H19FN4O2/c1-11-3-4-14(10-16(11)21)19-24-20(27-25-19)12(2)22-15-6-7-17-13(9-15)5-8-18(26)23-17/h3-4,6-7,9-10,12,22H,5,8H2,1-2H3,(H,23,26). The molecule has 2 N–H and O–H groups in total. The molecule has 1 aliphatic heterocycles. The molecule has 1 aliphatic rings. The van der Waals surface area contributed by atoms with Crippen molar-refractivity contribution in [2.45, 2.75) is 32.7 Å². The van der Waals surface area contributed by atoms with E-state index in [0.717, 1.165) is 23.4 Å². The Morgan fingerprint density at radius 2 is 2.07 bits per heavy atom. The van der Waals surface area contributed by atoms with Gasteiger partial charge >= 0.3 is 0 Å². The molecule has 6 nitrogen and oxygen atoms in total. The molecule has 3 aromatic rings. The molecule has 0 saturated heterocycles. The molecule has 1 atom stereocenters. The van der Waals surface area contributed by atoms with E-state index in [1.165, 1.54) is 6.07 Å². The van der Waals surface area contributed by atoms with Crippen molar-refractivity contribution in [3.63, 3.8) is 0 Å². The number of aryl methyl sites for hydroxylation is 2. The van der Waals surface area contributed by atoms with Crippen molar-refractivity contribution >= 4 is 17.3 Å². The quantitative estimate of drug-likeness (QED) is 0.722. The van der Waals surface area contributed by atoms with Gasteiger partial charge in [0.1, 0.15) is 11.9 Å². The Hall–Kier alpha value is -3.22. The lowest BCUT2D eigenvalue weighted by atomic mass is 10.0. The van der Waals surface area contributed by atoms with E-state index in [1.807, 2.05) is 25.1 Å². The molecule has 2 heterocycles. The van der Waals surface area contributed by atoms with Gasteiger partial charge in [0, 0.05) is 23.4 Å². The van der Waals surface area contributed by atoms with E-state index < -0.39 is 0 Å². The van der Waals surface area contributed by atoms with E-state index in [9.17, 15) is 9.18 Å². The molecule has 4 rings (SSSR count). The second kappa shape index (κ2) is 6.83. The lowest BCUT2D eigenvalue weighted by Crippen LogP contribution is -2.19. The monoisotopic (exact) mass is 366 g/mol. The van der Waals surface area contributed by atoms with Gasteiger partial charge in [0.25, 0.3) is 0 Å². The zero-order chi connectivity index (χ0) is 19.0. The largest absolute Gasteiger partial charge is 0.374 e. The van der Waals surface area contributed by atoms with E-state index in [4.69, 9.17) is 4.52 Å². The number of amides is 1. The minimum atomic E-state index is -0.300. The molecule has 1 amide bonds.